The van der Waals surface area contributed by atoms with Gasteiger partial charge in [0, 0.05) is 44.7 Å². The van der Waals surface area contributed by atoms with Gasteiger partial charge in [0.05, 0.1) is 5.69 Å². The Morgan fingerprint density at radius 2 is 2.04 bits per heavy atom. The van der Waals surface area contributed by atoms with Gasteiger partial charge in [-0.3, -0.25) is 14.3 Å². The number of aromatic nitrogens is 2. The molecule has 2 amide bonds. The summed E-state index contributed by atoms with van der Waals surface area (Å²) in [6.45, 7) is 11.0. The van der Waals surface area contributed by atoms with Gasteiger partial charge in [-0.2, -0.15) is 5.10 Å². The third kappa shape index (κ3) is 4.56. The third-order valence-electron chi connectivity index (χ3n) is 4.32. The Hall–Kier alpha value is -1.85. The van der Waals surface area contributed by atoms with Crippen molar-refractivity contribution in [3.05, 3.63) is 17.0 Å². The second-order valence-electron chi connectivity index (χ2n) is 6.71. The lowest BCUT2D eigenvalue weighted by molar-refractivity contribution is -0.131. The highest BCUT2D eigenvalue weighted by atomic mass is 16.2. The fraction of sp³-hybridized carbons (Fsp3) is 0.706. The predicted molar refractivity (Wildman–Crippen MR) is 89.1 cm³/mol. The average Bonchev–Trinajstić information content (AvgIpc) is 2.65. The van der Waals surface area contributed by atoms with Gasteiger partial charge in [0.15, 0.2) is 0 Å². The number of carbonyl (C=O) groups is 2. The van der Waals surface area contributed by atoms with Crippen molar-refractivity contribution in [2.45, 2.75) is 53.5 Å². The first-order valence-electron chi connectivity index (χ1n) is 8.45. The maximum absolute atomic E-state index is 12.4. The highest BCUT2D eigenvalue weighted by Gasteiger charge is 2.20. The average molecular weight is 320 g/mol. The van der Waals surface area contributed by atoms with E-state index in [9.17, 15) is 9.59 Å². The monoisotopic (exact) mass is 320 g/mol. The number of aryl methyl sites for hydroxylation is 1. The molecule has 0 unspecified atom stereocenters. The van der Waals surface area contributed by atoms with Crippen LogP contribution in [0.2, 0.25) is 0 Å². The smallest absolute Gasteiger partial charge is 0.222 e. The number of hydrogen-bond acceptors (Lipinski definition) is 3. The zero-order valence-electron chi connectivity index (χ0n) is 14.7. The molecule has 1 saturated heterocycles. The first-order valence-corrected chi connectivity index (χ1v) is 8.45. The van der Waals surface area contributed by atoms with Gasteiger partial charge in [-0.05, 0) is 31.7 Å². The summed E-state index contributed by atoms with van der Waals surface area (Å²) in [5.74, 6) is 0.698. The van der Waals surface area contributed by atoms with E-state index in [2.05, 4.69) is 31.2 Å². The van der Waals surface area contributed by atoms with Crippen LogP contribution < -0.4 is 5.32 Å². The van der Waals surface area contributed by atoms with Crippen LogP contribution in [0.15, 0.2) is 0 Å². The zero-order chi connectivity index (χ0) is 17.0. The van der Waals surface area contributed by atoms with Crippen LogP contribution in [0.3, 0.4) is 0 Å². The summed E-state index contributed by atoms with van der Waals surface area (Å²) in [4.78, 5) is 25.5. The van der Waals surface area contributed by atoms with Gasteiger partial charge >= 0.3 is 0 Å². The number of hydrogen-bond donors (Lipinski definition) is 1. The molecular formula is C17H28N4O2. The lowest BCUT2D eigenvalue weighted by atomic mass is 10.1. The fourth-order valence-corrected chi connectivity index (χ4v) is 3.03. The molecule has 0 atom stereocenters. The summed E-state index contributed by atoms with van der Waals surface area (Å²) >= 11 is 0. The summed E-state index contributed by atoms with van der Waals surface area (Å²) in [6, 6.07) is 0. The second-order valence-corrected chi connectivity index (χ2v) is 6.71. The van der Waals surface area contributed by atoms with E-state index in [1.165, 1.54) is 5.56 Å². The summed E-state index contributed by atoms with van der Waals surface area (Å²) in [5, 5.41) is 7.40. The molecule has 0 aromatic carbocycles. The van der Waals surface area contributed by atoms with Gasteiger partial charge in [-0.1, -0.05) is 13.8 Å². The van der Waals surface area contributed by atoms with Crippen LogP contribution in [-0.2, 0) is 22.6 Å². The fourth-order valence-electron chi connectivity index (χ4n) is 3.03. The SMILES string of the molecule is Cc1nn(CC(C)C)c(C)c1CCC(=O)N1CCNC(=O)CC1. The minimum Gasteiger partial charge on any atom is -0.354 e. The Kier molecular flexibility index (Phi) is 5.80. The molecule has 2 rings (SSSR count). The lowest BCUT2D eigenvalue weighted by Gasteiger charge is -2.19. The number of amides is 2. The van der Waals surface area contributed by atoms with Crippen molar-refractivity contribution in [3.8, 4) is 0 Å². The van der Waals surface area contributed by atoms with E-state index in [1.54, 1.807) is 4.90 Å². The molecular weight excluding hydrogens is 292 g/mol. The Labute approximate surface area is 138 Å². The Morgan fingerprint density at radius 3 is 2.74 bits per heavy atom. The van der Waals surface area contributed by atoms with Crippen molar-refractivity contribution in [3.63, 3.8) is 0 Å². The number of nitrogens with one attached hydrogen (secondary N) is 1. The van der Waals surface area contributed by atoms with Crippen LogP contribution in [0.25, 0.3) is 0 Å². The van der Waals surface area contributed by atoms with E-state index in [-0.39, 0.29) is 11.8 Å². The first-order chi connectivity index (χ1) is 10.9. The molecule has 2 heterocycles. The molecule has 128 valence electrons. The van der Waals surface area contributed by atoms with Crippen LogP contribution >= 0.6 is 0 Å². The van der Waals surface area contributed by atoms with Crippen LogP contribution in [-0.4, -0.2) is 46.1 Å². The Bertz CT molecular complexity index is 577. The normalized spacial score (nSPS) is 15.7. The number of nitrogens with zero attached hydrogens (tertiary/aromatic N) is 3. The van der Waals surface area contributed by atoms with E-state index in [0.29, 0.717) is 44.8 Å². The van der Waals surface area contributed by atoms with Crippen molar-refractivity contribution < 1.29 is 9.59 Å². The van der Waals surface area contributed by atoms with Crippen molar-refractivity contribution in [1.82, 2.24) is 20.0 Å². The number of carbonyl (C=O) groups excluding carboxylic acids is 2. The molecule has 6 nitrogen and oxygen atoms in total. The Morgan fingerprint density at radius 1 is 1.30 bits per heavy atom. The standard InChI is InChI=1S/C17H28N4O2/c1-12(2)11-21-14(4)15(13(3)19-21)5-6-17(23)20-9-7-16(22)18-8-10-20/h12H,5-11H2,1-4H3,(H,18,22). The maximum Gasteiger partial charge on any atom is 0.222 e. The molecule has 1 aromatic rings. The van der Waals surface area contributed by atoms with Crippen LogP contribution in [0, 0.1) is 19.8 Å². The van der Waals surface area contributed by atoms with Gasteiger partial charge in [0.1, 0.15) is 0 Å². The van der Waals surface area contributed by atoms with E-state index in [4.69, 9.17) is 0 Å². The molecule has 0 spiro atoms. The first kappa shape index (κ1) is 17.5. The van der Waals surface area contributed by atoms with E-state index in [1.807, 2.05) is 11.6 Å². The summed E-state index contributed by atoms with van der Waals surface area (Å²) in [7, 11) is 0. The lowest BCUT2D eigenvalue weighted by Crippen LogP contribution is -2.34. The van der Waals surface area contributed by atoms with E-state index < -0.39 is 0 Å². The minimum absolute atomic E-state index is 0.0296. The van der Waals surface area contributed by atoms with Crippen molar-refractivity contribution in [2.24, 2.45) is 5.92 Å². The molecule has 23 heavy (non-hydrogen) atoms. The largest absolute Gasteiger partial charge is 0.354 e. The minimum atomic E-state index is 0.0296. The maximum atomic E-state index is 12.4. The molecule has 1 aliphatic rings. The molecule has 0 aliphatic carbocycles. The quantitative estimate of drug-likeness (QED) is 0.892. The molecule has 1 aromatic heterocycles. The van der Waals surface area contributed by atoms with Crippen molar-refractivity contribution in [2.75, 3.05) is 19.6 Å². The zero-order valence-corrected chi connectivity index (χ0v) is 14.7. The van der Waals surface area contributed by atoms with E-state index >= 15 is 0 Å². The molecule has 1 N–H and O–H groups in total. The molecule has 6 heteroatoms. The van der Waals surface area contributed by atoms with Crippen molar-refractivity contribution >= 4 is 11.8 Å². The molecule has 0 radical (unpaired) electrons. The van der Waals surface area contributed by atoms with Crippen molar-refractivity contribution in [1.29, 1.82) is 0 Å². The topological polar surface area (TPSA) is 67.2 Å². The number of rotatable bonds is 5. The van der Waals surface area contributed by atoms with Crippen LogP contribution in [0.5, 0.6) is 0 Å². The molecule has 0 bridgehead atoms. The van der Waals surface area contributed by atoms with Gasteiger partial charge < -0.3 is 10.2 Å². The van der Waals surface area contributed by atoms with Crippen LogP contribution in [0.4, 0.5) is 0 Å². The summed E-state index contributed by atoms with van der Waals surface area (Å²) in [5.41, 5.74) is 3.36. The van der Waals surface area contributed by atoms with Gasteiger partial charge in [0.25, 0.3) is 0 Å². The van der Waals surface area contributed by atoms with Gasteiger partial charge in [-0.25, -0.2) is 0 Å². The van der Waals surface area contributed by atoms with Gasteiger partial charge in [-0.15, -0.1) is 0 Å². The predicted octanol–water partition coefficient (Wildman–Crippen LogP) is 1.44. The van der Waals surface area contributed by atoms with Crippen LogP contribution in [0.1, 0.15) is 43.6 Å². The summed E-state index contributed by atoms with van der Waals surface area (Å²) < 4.78 is 2.05. The highest BCUT2D eigenvalue weighted by Crippen LogP contribution is 2.17. The molecule has 1 fully saturated rings. The van der Waals surface area contributed by atoms with E-state index in [0.717, 1.165) is 17.9 Å². The summed E-state index contributed by atoms with van der Waals surface area (Å²) in [6.07, 6.45) is 1.59. The second kappa shape index (κ2) is 7.62. The highest BCUT2D eigenvalue weighted by molar-refractivity contribution is 5.80. The Balaban J connectivity index is 1.96. The van der Waals surface area contributed by atoms with Gasteiger partial charge in [0.2, 0.25) is 11.8 Å². The molecule has 1 aliphatic heterocycles. The third-order valence-corrected chi connectivity index (χ3v) is 4.32. The molecule has 0 saturated carbocycles.